The normalized spacial score (nSPS) is 13.2. The summed E-state index contributed by atoms with van der Waals surface area (Å²) in [5, 5.41) is 0. The summed E-state index contributed by atoms with van der Waals surface area (Å²) in [5.41, 5.74) is 1.14. The van der Waals surface area contributed by atoms with Crippen LogP contribution >= 0.6 is 12.2 Å². The molecule has 0 aliphatic rings. The standard InChI is InChI=1S/C8H14N2OS/c1-6-4-9-8(12)10(6)5-7(2)11-3/h4,7H,5H2,1-3H3,(H,9,12). The fourth-order valence-corrected chi connectivity index (χ4v) is 1.32. The third-order valence-electron chi connectivity index (χ3n) is 1.92. The predicted octanol–water partition coefficient (Wildman–Crippen LogP) is 1.89. The summed E-state index contributed by atoms with van der Waals surface area (Å²) in [6, 6.07) is 0. The van der Waals surface area contributed by atoms with Gasteiger partial charge < -0.3 is 14.3 Å². The quantitative estimate of drug-likeness (QED) is 0.731. The number of ether oxygens (including phenoxy) is 1. The lowest BCUT2D eigenvalue weighted by Gasteiger charge is -2.11. The largest absolute Gasteiger partial charge is 0.380 e. The summed E-state index contributed by atoms with van der Waals surface area (Å²) in [6.07, 6.45) is 2.11. The molecule has 3 nitrogen and oxygen atoms in total. The van der Waals surface area contributed by atoms with Crippen molar-refractivity contribution in [1.29, 1.82) is 0 Å². The van der Waals surface area contributed by atoms with E-state index in [1.54, 1.807) is 7.11 Å². The molecule has 68 valence electrons. The minimum atomic E-state index is 0.200. The molecule has 1 rings (SSSR count). The molecule has 0 radical (unpaired) electrons. The van der Waals surface area contributed by atoms with Crippen LogP contribution in [0.2, 0.25) is 0 Å². The Morgan fingerprint density at radius 3 is 2.83 bits per heavy atom. The fraction of sp³-hybridized carbons (Fsp3) is 0.625. The molecule has 0 saturated heterocycles. The molecule has 1 atom stereocenters. The molecule has 1 unspecified atom stereocenters. The van der Waals surface area contributed by atoms with E-state index in [1.807, 2.05) is 24.6 Å². The van der Waals surface area contributed by atoms with Gasteiger partial charge in [0.2, 0.25) is 0 Å². The zero-order chi connectivity index (χ0) is 9.14. The van der Waals surface area contributed by atoms with E-state index >= 15 is 0 Å². The van der Waals surface area contributed by atoms with Crippen LogP contribution in [-0.4, -0.2) is 22.8 Å². The van der Waals surface area contributed by atoms with Gasteiger partial charge in [-0.2, -0.15) is 0 Å². The number of H-pyrrole nitrogens is 1. The molecular formula is C8H14N2OS. The Morgan fingerprint density at radius 2 is 2.42 bits per heavy atom. The molecule has 0 aromatic carbocycles. The highest BCUT2D eigenvalue weighted by Crippen LogP contribution is 2.02. The van der Waals surface area contributed by atoms with Crippen molar-refractivity contribution in [1.82, 2.24) is 9.55 Å². The Labute approximate surface area is 77.4 Å². The molecule has 0 fully saturated rings. The second kappa shape index (κ2) is 3.87. The van der Waals surface area contributed by atoms with Gasteiger partial charge in [-0.3, -0.25) is 0 Å². The van der Waals surface area contributed by atoms with Crippen molar-refractivity contribution < 1.29 is 4.74 Å². The van der Waals surface area contributed by atoms with E-state index in [9.17, 15) is 0 Å². The number of hydrogen-bond acceptors (Lipinski definition) is 2. The topological polar surface area (TPSA) is 29.9 Å². The van der Waals surface area contributed by atoms with Gasteiger partial charge >= 0.3 is 0 Å². The van der Waals surface area contributed by atoms with Crippen molar-refractivity contribution >= 4 is 12.2 Å². The van der Waals surface area contributed by atoms with Gasteiger partial charge in [0, 0.05) is 19.0 Å². The average Bonchev–Trinajstić information content (AvgIpc) is 2.35. The maximum atomic E-state index is 5.15. The van der Waals surface area contributed by atoms with Crippen LogP contribution in [0, 0.1) is 11.7 Å². The highest BCUT2D eigenvalue weighted by molar-refractivity contribution is 7.71. The molecule has 0 aliphatic carbocycles. The van der Waals surface area contributed by atoms with Crippen molar-refractivity contribution in [3.05, 3.63) is 16.7 Å². The lowest BCUT2D eigenvalue weighted by Crippen LogP contribution is -2.15. The summed E-state index contributed by atoms with van der Waals surface area (Å²) >= 11 is 5.09. The Hall–Kier alpha value is -0.610. The number of nitrogens with one attached hydrogen (secondary N) is 1. The molecule has 1 aromatic rings. The van der Waals surface area contributed by atoms with Crippen LogP contribution in [0.1, 0.15) is 12.6 Å². The van der Waals surface area contributed by atoms with Gasteiger partial charge in [-0.15, -0.1) is 0 Å². The van der Waals surface area contributed by atoms with Crippen LogP contribution in [0.25, 0.3) is 0 Å². The third kappa shape index (κ3) is 1.95. The lowest BCUT2D eigenvalue weighted by molar-refractivity contribution is 0.102. The molecule has 1 N–H and O–H groups in total. The number of hydrogen-bond donors (Lipinski definition) is 1. The van der Waals surface area contributed by atoms with E-state index in [2.05, 4.69) is 4.98 Å². The van der Waals surface area contributed by atoms with Crippen LogP contribution in [0.15, 0.2) is 6.20 Å². The molecule has 0 saturated carbocycles. The smallest absolute Gasteiger partial charge is 0.177 e. The molecule has 1 aromatic heterocycles. The molecular weight excluding hydrogens is 172 g/mol. The minimum Gasteiger partial charge on any atom is -0.380 e. The molecule has 0 spiro atoms. The molecule has 0 amide bonds. The van der Waals surface area contributed by atoms with E-state index in [-0.39, 0.29) is 6.10 Å². The maximum Gasteiger partial charge on any atom is 0.177 e. The Balaban J connectivity index is 2.81. The van der Waals surface area contributed by atoms with Gasteiger partial charge in [0.05, 0.1) is 12.6 Å². The van der Waals surface area contributed by atoms with Crippen LogP contribution < -0.4 is 0 Å². The first-order valence-corrected chi connectivity index (χ1v) is 4.33. The monoisotopic (exact) mass is 186 g/mol. The molecule has 1 heterocycles. The van der Waals surface area contributed by atoms with Gasteiger partial charge in [0.15, 0.2) is 4.77 Å². The molecule has 12 heavy (non-hydrogen) atoms. The third-order valence-corrected chi connectivity index (χ3v) is 2.26. The minimum absolute atomic E-state index is 0.200. The molecule has 4 heteroatoms. The maximum absolute atomic E-state index is 5.15. The first kappa shape index (κ1) is 9.48. The number of imidazole rings is 1. The van der Waals surface area contributed by atoms with Crippen LogP contribution in [0.3, 0.4) is 0 Å². The Morgan fingerprint density at radius 1 is 1.75 bits per heavy atom. The van der Waals surface area contributed by atoms with Gasteiger partial charge in [-0.05, 0) is 26.1 Å². The van der Waals surface area contributed by atoms with Crippen molar-refractivity contribution in [2.45, 2.75) is 26.5 Å². The number of methoxy groups -OCH3 is 1. The van der Waals surface area contributed by atoms with E-state index in [0.717, 1.165) is 17.0 Å². The number of aromatic amines is 1. The molecule has 0 aliphatic heterocycles. The zero-order valence-electron chi connectivity index (χ0n) is 7.63. The average molecular weight is 186 g/mol. The van der Waals surface area contributed by atoms with Crippen molar-refractivity contribution in [3.8, 4) is 0 Å². The Bertz CT molecular complexity index is 302. The second-order valence-electron chi connectivity index (χ2n) is 2.89. The van der Waals surface area contributed by atoms with E-state index in [1.165, 1.54) is 0 Å². The first-order chi connectivity index (χ1) is 5.65. The molecule has 0 bridgehead atoms. The number of aryl methyl sites for hydroxylation is 1. The van der Waals surface area contributed by atoms with Crippen LogP contribution in [0.5, 0.6) is 0 Å². The van der Waals surface area contributed by atoms with E-state index in [4.69, 9.17) is 17.0 Å². The first-order valence-electron chi connectivity index (χ1n) is 3.92. The van der Waals surface area contributed by atoms with Gasteiger partial charge in [-0.25, -0.2) is 0 Å². The SMILES string of the molecule is COC(C)Cn1c(C)c[nH]c1=S. The summed E-state index contributed by atoms with van der Waals surface area (Å²) in [6.45, 7) is 4.85. The highest BCUT2D eigenvalue weighted by atomic mass is 32.1. The summed E-state index contributed by atoms with van der Waals surface area (Å²) in [4.78, 5) is 2.99. The fourth-order valence-electron chi connectivity index (χ4n) is 1.04. The summed E-state index contributed by atoms with van der Waals surface area (Å²) < 4.78 is 7.94. The van der Waals surface area contributed by atoms with Crippen LogP contribution in [0.4, 0.5) is 0 Å². The lowest BCUT2D eigenvalue weighted by atomic mass is 10.4. The van der Waals surface area contributed by atoms with Crippen LogP contribution in [-0.2, 0) is 11.3 Å². The van der Waals surface area contributed by atoms with Gasteiger partial charge in [0.1, 0.15) is 0 Å². The Kier molecular flexibility index (Phi) is 3.05. The predicted molar refractivity (Wildman–Crippen MR) is 50.8 cm³/mol. The zero-order valence-corrected chi connectivity index (χ0v) is 8.44. The van der Waals surface area contributed by atoms with E-state index in [0.29, 0.717) is 0 Å². The van der Waals surface area contributed by atoms with Crippen molar-refractivity contribution in [3.63, 3.8) is 0 Å². The van der Waals surface area contributed by atoms with Gasteiger partial charge in [0.25, 0.3) is 0 Å². The van der Waals surface area contributed by atoms with Gasteiger partial charge in [-0.1, -0.05) is 0 Å². The summed E-state index contributed by atoms with van der Waals surface area (Å²) in [5.74, 6) is 0. The summed E-state index contributed by atoms with van der Waals surface area (Å²) in [7, 11) is 1.70. The number of nitrogens with zero attached hydrogens (tertiary/aromatic N) is 1. The van der Waals surface area contributed by atoms with Crippen molar-refractivity contribution in [2.24, 2.45) is 0 Å². The highest BCUT2D eigenvalue weighted by Gasteiger charge is 2.03. The number of aromatic nitrogens is 2. The number of rotatable bonds is 3. The van der Waals surface area contributed by atoms with Crippen molar-refractivity contribution in [2.75, 3.05) is 7.11 Å². The van der Waals surface area contributed by atoms with E-state index < -0.39 is 0 Å². The second-order valence-corrected chi connectivity index (χ2v) is 3.28.